The Bertz CT molecular complexity index is 368. The van der Waals surface area contributed by atoms with Crippen LogP contribution in [0.3, 0.4) is 0 Å². The Labute approximate surface area is 116 Å². The van der Waals surface area contributed by atoms with Crippen molar-refractivity contribution in [2.75, 3.05) is 26.8 Å². The predicted molar refractivity (Wildman–Crippen MR) is 79.4 cm³/mol. The van der Waals surface area contributed by atoms with Crippen molar-refractivity contribution in [3.63, 3.8) is 0 Å². The van der Waals surface area contributed by atoms with Crippen LogP contribution in [0.25, 0.3) is 0 Å². The third-order valence-electron chi connectivity index (χ3n) is 4.00. The molecule has 106 valence electrons. The molecule has 0 saturated carbocycles. The van der Waals surface area contributed by atoms with Crippen LogP contribution in [0.15, 0.2) is 30.3 Å². The Kier molecular flexibility index (Phi) is 5.37. The topological polar surface area (TPSA) is 24.5 Å². The molecular formula is C16H26N2O. The molecule has 1 aliphatic heterocycles. The molecule has 3 unspecified atom stereocenters. The zero-order chi connectivity index (χ0) is 13.7. The van der Waals surface area contributed by atoms with Crippen LogP contribution in [-0.2, 0) is 11.2 Å². The number of rotatable bonds is 5. The minimum atomic E-state index is 0.486. The molecule has 1 fully saturated rings. The third kappa shape index (κ3) is 4.03. The smallest absolute Gasteiger partial charge is 0.0615 e. The molecule has 19 heavy (non-hydrogen) atoms. The van der Waals surface area contributed by atoms with Gasteiger partial charge in [-0.1, -0.05) is 30.3 Å². The van der Waals surface area contributed by atoms with Crippen LogP contribution < -0.4 is 5.32 Å². The van der Waals surface area contributed by atoms with Crippen LogP contribution in [0.4, 0.5) is 0 Å². The molecule has 0 aliphatic carbocycles. The molecule has 0 spiro atoms. The van der Waals surface area contributed by atoms with Gasteiger partial charge in [-0.2, -0.15) is 0 Å². The minimum Gasteiger partial charge on any atom is -0.383 e. The highest BCUT2D eigenvalue weighted by Gasteiger charge is 2.28. The molecule has 1 aliphatic rings. The largest absolute Gasteiger partial charge is 0.383 e. The van der Waals surface area contributed by atoms with E-state index in [1.165, 1.54) is 5.56 Å². The van der Waals surface area contributed by atoms with E-state index in [2.05, 4.69) is 54.4 Å². The highest BCUT2D eigenvalue weighted by molar-refractivity contribution is 5.16. The first-order valence-electron chi connectivity index (χ1n) is 7.22. The summed E-state index contributed by atoms with van der Waals surface area (Å²) in [5.41, 5.74) is 1.41. The average molecular weight is 262 g/mol. The number of hydrogen-bond acceptors (Lipinski definition) is 3. The van der Waals surface area contributed by atoms with Gasteiger partial charge in [0.15, 0.2) is 0 Å². The molecule has 1 saturated heterocycles. The monoisotopic (exact) mass is 262 g/mol. The summed E-state index contributed by atoms with van der Waals surface area (Å²) in [5, 5.41) is 3.66. The standard InChI is InChI=1S/C16H26N2O/c1-13-10-17-16(9-15-7-5-4-6-8-15)11-18(13)14(2)12-19-3/h4-8,13-14,16-17H,9-12H2,1-3H3. The number of piperazine rings is 1. The first kappa shape index (κ1) is 14.5. The van der Waals surface area contributed by atoms with E-state index < -0.39 is 0 Å². The fourth-order valence-corrected chi connectivity index (χ4v) is 2.94. The summed E-state index contributed by atoms with van der Waals surface area (Å²) in [5.74, 6) is 0. The van der Waals surface area contributed by atoms with Crippen LogP contribution >= 0.6 is 0 Å². The summed E-state index contributed by atoms with van der Waals surface area (Å²) in [4.78, 5) is 2.56. The minimum absolute atomic E-state index is 0.486. The molecule has 0 aromatic heterocycles. The van der Waals surface area contributed by atoms with E-state index in [9.17, 15) is 0 Å². The van der Waals surface area contributed by atoms with Gasteiger partial charge in [0.1, 0.15) is 0 Å². The van der Waals surface area contributed by atoms with E-state index in [4.69, 9.17) is 4.74 Å². The van der Waals surface area contributed by atoms with Crippen molar-refractivity contribution >= 4 is 0 Å². The van der Waals surface area contributed by atoms with E-state index >= 15 is 0 Å². The SMILES string of the molecule is COCC(C)N1CC(Cc2ccccc2)NCC1C. The lowest BCUT2D eigenvalue weighted by molar-refractivity contribution is 0.0476. The molecule has 1 aromatic carbocycles. The van der Waals surface area contributed by atoms with Crippen LogP contribution in [0, 0.1) is 0 Å². The molecule has 0 amide bonds. The summed E-state index contributed by atoms with van der Waals surface area (Å²) in [6, 6.07) is 12.3. The molecule has 1 N–H and O–H groups in total. The fraction of sp³-hybridized carbons (Fsp3) is 0.625. The summed E-state index contributed by atoms with van der Waals surface area (Å²) < 4.78 is 5.30. The van der Waals surface area contributed by atoms with E-state index in [1.807, 2.05) is 0 Å². The second-order valence-corrected chi connectivity index (χ2v) is 5.65. The zero-order valence-corrected chi connectivity index (χ0v) is 12.3. The van der Waals surface area contributed by atoms with Crippen molar-refractivity contribution in [3.8, 4) is 0 Å². The zero-order valence-electron chi connectivity index (χ0n) is 12.3. The van der Waals surface area contributed by atoms with Crippen molar-refractivity contribution in [1.29, 1.82) is 0 Å². The van der Waals surface area contributed by atoms with Crippen molar-refractivity contribution in [1.82, 2.24) is 10.2 Å². The predicted octanol–water partition coefficient (Wildman–Crippen LogP) is 1.93. The molecule has 2 rings (SSSR count). The van der Waals surface area contributed by atoms with Crippen LogP contribution in [0.5, 0.6) is 0 Å². The summed E-state index contributed by atoms with van der Waals surface area (Å²) >= 11 is 0. The van der Waals surface area contributed by atoms with Gasteiger partial charge in [0.25, 0.3) is 0 Å². The number of nitrogens with zero attached hydrogens (tertiary/aromatic N) is 1. The number of benzene rings is 1. The van der Waals surface area contributed by atoms with Crippen LogP contribution in [0.2, 0.25) is 0 Å². The first-order valence-corrected chi connectivity index (χ1v) is 7.22. The van der Waals surface area contributed by atoms with E-state index in [1.54, 1.807) is 7.11 Å². The lowest BCUT2D eigenvalue weighted by Crippen LogP contribution is -2.59. The van der Waals surface area contributed by atoms with Crippen molar-refractivity contribution in [2.24, 2.45) is 0 Å². The van der Waals surface area contributed by atoms with E-state index in [-0.39, 0.29) is 0 Å². The lowest BCUT2D eigenvalue weighted by atomic mass is 10.0. The number of nitrogens with one attached hydrogen (secondary N) is 1. The second-order valence-electron chi connectivity index (χ2n) is 5.65. The van der Waals surface area contributed by atoms with Gasteiger partial charge >= 0.3 is 0 Å². The quantitative estimate of drug-likeness (QED) is 0.877. The van der Waals surface area contributed by atoms with Crippen LogP contribution in [0.1, 0.15) is 19.4 Å². The maximum atomic E-state index is 5.30. The molecule has 3 atom stereocenters. The number of ether oxygens (including phenoxy) is 1. The molecule has 0 radical (unpaired) electrons. The highest BCUT2D eigenvalue weighted by Crippen LogP contribution is 2.14. The van der Waals surface area contributed by atoms with Gasteiger partial charge in [-0.05, 0) is 25.8 Å². The Morgan fingerprint density at radius 3 is 2.79 bits per heavy atom. The van der Waals surface area contributed by atoms with Gasteiger partial charge in [0.2, 0.25) is 0 Å². The Balaban J connectivity index is 1.93. The van der Waals surface area contributed by atoms with Gasteiger partial charge < -0.3 is 10.1 Å². The maximum absolute atomic E-state index is 5.30. The average Bonchev–Trinajstić information content (AvgIpc) is 2.42. The number of methoxy groups -OCH3 is 1. The molecule has 3 nitrogen and oxygen atoms in total. The van der Waals surface area contributed by atoms with Gasteiger partial charge in [-0.15, -0.1) is 0 Å². The van der Waals surface area contributed by atoms with Gasteiger partial charge in [-0.25, -0.2) is 0 Å². The summed E-state index contributed by atoms with van der Waals surface area (Å²) in [6.45, 7) is 7.51. The van der Waals surface area contributed by atoms with Crippen molar-refractivity contribution < 1.29 is 4.74 Å². The molecular weight excluding hydrogens is 236 g/mol. The maximum Gasteiger partial charge on any atom is 0.0615 e. The Morgan fingerprint density at radius 2 is 2.11 bits per heavy atom. The molecule has 3 heteroatoms. The molecule has 0 bridgehead atoms. The van der Waals surface area contributed by atoms with Gasteiger partial charge in [0.05, 0.1) is 6.61 Å². The highest BCUT2D eigenvalue weighted by atomic mass is 16.5. The fourth-order valence-electron chi connectivity index (χ4n) is 2.94. The van der Waals surface area contributed by atoms with Crippen LogP contribution in [-0.4, -0.2) is 49.8 Å². The van der Waals surface area contributed by atoms with E-state index in [0.29, 0.717) is 18.1 Å². The molecule has 1 aromatic rings. The normalized spacial score (nSPS) is 26.3. The third-order valence-corrected chi connectivity index (χ3v) is 4.00. The molecule has 1 heterocycles. The summed E-state index contributed by atoms with van der Waals surface area (Å²) in [6.07, 6.45) is 1.10. The van der Waals surface area contributed by atoms with Gasteiger partial charge in [-0.3, -0.25) is 4.90 Å². The Morgan fingerprint density at radius 1 is 1.37 bits per heavy atom. The van der Waals surface area contributed by atoms with Gasteiger partial charge in [0, 0.05) is 38.3 Å². The van der Waals surface area contributed by atoms with E-state index in [0.717, 1.165) is 26.1 Å². The second kappa shape index (κ2) is 7.04. The van der Waals surface area contributed by atoms with Crippen molar-refractivity contribution in [2.45, 2.75) is 38.4 Å². The Hall–Kier alpha value is -0.900. The summed E-state index contributed by atoms with van der Waals surface area (Å²) in [7, 11) is 1.78. The first-order chi connectivity index (χ1) is 9.20. The lowest BCUT2D eigenvalue weighted by Gasteiger charge is -2.42. The number of hydrogen-bond donors (Lipinski definition) is 1. The van der Waals surface area contributed by atoms with Crippen molar-refractivity contribution in [3.05, 3.63) is 35.9 Å².